The summed E-state index contributed by atoms with van der Waals surface area (Å²) in [6.07, 6.45) is 11.4. The van der Waals surface area contributed by atoms with Gasteiger partial charge in [0.1, 0.15) is 5.69 Å². The minimum atomic E-state index is -0.107. The van der Waals surface area contributed by atoms with E-state index in [1.807, 2.05) is 53.8 Å². The van der Waals surface area contributed by atoms with Crippen LogP contribution in [0, 0.1) is 0 Å². The fraction of sp³-hybridized carbons (Fsp3) is 0.524. The summed E-state index contributed by atoms with van der Waals surface area (Å²) in [7, 11) is 3.86. The number of azo groups is 1. The molecule has 0 spiro atoms. The number of unbranched alkanes of at least 4 members (excludes halogenated alkanes) is 5. The van der Waals surface area contributed by atoms with E-state index in [9.17, 15) is 4.79 Å². The van der Waals surface area contributed by atoms with Gasteiger partial charge in [0.2, 0.25) is 5.91 Å². The Morgan fingerprint density at radius 2 is 1.89 bits per heavy atom. The van der Waals surface area contributed by atoms with Gasteiger partial charge < -0.3 is 10.6 Å². The van der Waals surface area contributed by atoms with Crippen LogP contribution in [-0.2, 0) is 18.9 Å². The molecule has 1 amide bonds. The van der Waals surface area contributed by atoms with Crippen LogP contribution in [0.25, 0.3) is 0 Å². The number of rotatable bonds is 11. The molecule has 28 heavy (non-hydrogen) atoms. The summed E-state index contributed by atoms with van der Waals surface area (Å²) in [5.74, 6) is 0.635. The molecule has 0 fully saturated rings. The number of aryl methyl sites for hydroxylation is 2. The van der Waals surface area contributed by atoms with Gasteiger partial charge in [-0.05, 0) is 24.6 Å². The van der Waals surface area contributed by atoms with Gasteiger partial charge in [0.25, 0.3) is 0 Å². The molecule has 7 nitrogen and oxygen atoms in total. The van der Waals surface area contributed by atoms with Gasteiger partial charge in [-0.3, -0.25) is 4.79 Å². The molecule has 0 atom stereocenters. The first kappa shape index (κ1) is 21.6. The average Bonchev–Trinajstić information content (AvgIpc) is 2.98. The summed E-state index contributed by atoms with van der Waals surface area (Å²) in [5, 5.41) is 15.1. The lowest BCUT2D eigenvalue weighted by Gasteiger charge is -2.10. The Morgan fingerprint density at radius 1 is 1.14 bits per heavy atom. The average molecular weight is 386 g/mol. The van der Waals surface area contributed by atoms with Crippen LogP contribution >= 0.6 is 0 Å². The summed E-state index contributed by atoms with van der Waals surface area (Å²) in [5.41, 5.74) is 2.34. The summed E-state index contributed by atoms with van der Waals surface area (Å²) in [6, 6.07) is 5.67. The lowest BCUT2D eigenvalue weighted by molar-refractivity contribution is -0.657. The van der Waals surface area contributed by atoms with E-state index in [0.29, 0.717) is 11.4 Å². The molecule has 0 saturated heterocycles. The molecule has 7 heteroatoms. The highest BCUT2D eigenvalue weighted by atomic mass is 16.1. The topological polar surface area (TPSA) is 74.7 Å². The Bertz CT molecular complexity index is 777. The van der Waals surface area contributed by atoms with Gasteiger partial charge >= 0.3 is 5.95 Å². The molecule has 1 heterocycles. The normalized spacial score (nSPS) is 11.1. The Balaban J connectivity index is 2.07. The maximum atomic E-state index is 11.4. The quantitative estimate of drug-likeness (QED) is 0.325. The molecule has 0 bridgehead atoms. The minimum Gasteiger partial charge on any atom is -0.383 e. The van der Waals surface area contributed by atoms with Crippen molar-refractivity contribution in [1.29, 1.82) is 0 Å². The lowest BCUT2D eigenvalue weighted by Crippen LogP contribution is -2.25. The first-order valence-corrected chi connectivity index (χ1v) is 10.1. The van der Waals surface area contributed by atoms with E-state index in [1.54, 1.807) is 0 Å². The molecule has 0 aliphatic carbocycles. The number of aromatic nitrogens is 2. The van der Waals surface area contributed by atoms with E-state index < -0.39 is 0 Å². The summed E-state index contributed by atoms with van der Waals surface area (Å²) in [4.78, 5) is 11.4. The number of nitrogens with one attached hydrogen (secondary N) is 2. The van der Waals surface area contributed by atoms with Crippen LogP contribution in [0.4, 0.5) is 23.0 Å². The molecule has 2 rings (SSSR count). The first-order chi connectivity index (χ1) is 13.5. The van der Waals surface area contributed by atoms with Crippen LogP contribution in [-0.4, -0.2) is 17.0 Å². The fourth-order valence-electron chi connectivity index (χ4n) is 3.00. The number of hydrogen-bond acceptors (Lipinski definition) is 4. The predicted octanol–water partition coefficient (Wildman–Crippen LogP) is 5.00. The Morgan fingerprint density at radius 3 is 2.57 bits per heavy atom. The Labute approximate surface area is 167 Å². The zero-order valence-electron chi connectivity index (χ0n) is 17.5. The summed E-state index contributed by atoms with van der Waals surface area (Å²) < 4.78 is 3.81. The summed E-state index contributed by atoms with van der Waals surface area (Å²) >= 11 is 0. The van der Waals surface area contributed by atoms with E-state index in [-0.39, 0.29) is 5.91 Å². The number of amides is 1. The van der Waals surface area contributed by atoms with Gasteiger partial charge in [-0.1, -0.05) is 44.1 Å². The molecule has 1 aromatic carbocycles. The first-order valence-electron chi connectivity index (χ1n) is 10.1. The number of hydrogen-bond donors (Lipinski definition) is 2. The minimum absolute atomic E-state index is 0.107. The smallest absolute Gasteiger partial charge is 0.383 e. The second-order valence-electron chi connectivity index (χ2n) is 7.13. The van der Waals surface area contributed by atoms with E-state index in [1.165, 1.54) is 39.0 Å². The van der Waals surface area contributed by atoms with Crippen molar-refractivity contribution in [2.24, 2.45) is 24.3 Å². The zero-order valence-corrected chi connectivity index (χ0v) is 17.5. The van der Waals surface area contributed by atoms with Crippen molar-refractivity contribution < 1.29 is 9.36 Å². The highest BCUT2D eigenvalue weighted by molar-refractivity contribution is 5.90. The molecule has 152 valence electrons. The second kappa shape index (κ2) is 11.2. The van der Waals surface area contributed by atoms with Crippen molar-refractivity contribution >= 4 is 28.9 Å². The highest BCUT2D eigenvalue weighted by Gasteiger charge is 2.12. The van der Waals surface area contributed by atoms with Crippen molar-refractivity contribution in [3.8, 4) is 0 Å². The van der Waals surface area contributed by atoms with Gasteiger partial charge in [-0.25, -0.2) is 9.13 Å². The van der Waals surface area contributed by atoms with Crippen LogP contribution in [0.3, 0.4) is 0 Å². The van der Waals surface area contributed by atoms with Crippen LogP contribution in [0.2, 0.25) is 0 Å². The Kier molecular flexibility index (Phi) is 8.65. The number of anilines is 2. The molecular weight excluding hydrogens is 352 g/mol. The maximum absolute atomic E-state index is 11.4. The van der Waals surface area contributed by atoms with Crippen molar-refractivity contribution in [3.63, 3.8) is 0 Å². The van der Waals surface area contributed by atoms with E-state index in [2.05, 4.69) is 27.8 Å². The highest BCUT2D eigenvalue weighted by Crippen LogP contribution is 2.30. The van der Waals surface area contributed by atoms with Gasteiger partial charge in [0.05, 0.1) is 32.2 Å². The number of imidazole rings is 1. The lowest BCUT2D eigenvalue weighted by atomic mass is 10.1. The largest absolute Gasteiger partial charge is 0.421 e. The summed E-state index contributed by atoms with van der Waals surface area (Å²) in [6.45, 7) is 4.62. The van der Waals surface area contributed by atoms with Gasteiger partial charge in [0, 0.05) is 24.3 Å². The monoisotopic (exact) mass is 385 g/mol. The molecule has 0 aliphatic rings. The SMILES string of the molecule is CCCCCCCCNc1ccc(NC(C)=O)cc1N=Nc1n(C)cc[n+]1C. The molecule has 2 N–H and O–H groups in total. The number of benzene rings is 1. The standard InChI is InChI=1S/C21H32N6O/c1-5-6-7-8-9-10-13-22-19-12-11-18(23-17(2)28)16-20(19)24-25-21-26(3)14-15-27(21)4/h11-12,14-16H,5-10,13H2,1-4H3,(H,23,24,28)/p+1. The molecular formula is C21H33N6O+. The molecule has 0 saturated carbocycles. The van der Waals surface area contributed by atoms with Crippen molar-refractivity contribution in [2.45, 2.75) is 52.4 Å². The molecule has 2 aromatic rings. The third kappa shape index (κ3) is 6.79. The predicted molar refractivity (Wildman–Crippen MR) is 113 cm³/mol. The van der Waals surface area contributed by atoms with Gasteiger partial charge in [-0.2, -0.15) is 0 Å². The van der Waals surface area contributed by atoms with Gasteiger partial charge in [0.15, 0.2) is 0 Å². The van der Waals surface area contributed by atoms with Crippen molar-refractivity contribution in [2.75, 3.05) is 17.2 Å². The van der Waals surface area contributed by atoms with Crippen LogP contribution in [0.15, 0.2) is 40.8 Å². The van der Waals surface area contributed by atoms with E-state index >= 15 is 0 Å². The van der Waals surface area contributed by atoms with Gasteiger partial charge in [-0.15, -0.1) is 0 Å². The Hall–Kier alpha value is -2.70. The molecule has 0 aliphatic heterocycles. The van der Waals surface area contributed by atoms with Crippen LogP contribution in [0.5, 0.6) is 0 Å². The zero-order chi connectivity index (χ0) is 20.4. The molecule has 0 radical (unpaired) electrons. The second-order valence-corrected chi connectivity index (χ2v) is 7.13. The van der Waals surface area contributed by atoms with Crippen molar-refractivity contribution in [1.82, 2.24) is 4.57 Å². The number of carbonyl (C=O) groups excluding carboxylic acids is 1. The maximum Gasteiger partial charge on any atom is 0.421 e. The third-order valence-corrected chi connectivity index (χ3v) is 4.56. The number of carbonyl (C=O) groups is 1. The fourth-order valence-corrected chi connectivity index (χ4v) is 3.00. The number of nitrogens with zero attached hydrogens (tertiary/aromatic N) is 4. The molecule has 0 unspecified atom stereocenters. The van der Waals surface area contributed by atoms with E-state index in [0.717, 1.165) is 24.6 Å². The third-order valence-electron chi connectivity index (χ3n) is 4.56. The molecule has 1 aromatic heterocycles. The van der Waals surface area contributed by atoms with Crippen LogP contribution in [0.1, 0.15) is 52.4 Å². The van der Waals surface area contributed by atoms with Crippen LogP contribution < -0.4 is 15.2 Å². The van der Waals surface area contributed by atoms with E-state index in [4.69, 9.17) is 0 Å². The van der Waals surface area contributed by atoms with Crippen molar-refractivity contribution in [3.05, 3.63) is 30.6 Å².